The number of imidazole rings is 1. The Labute approximate surface area is 111 Å². The molecule has 1 aromatic carbocycles. The zero-order valence-corrected chi connectivity index (χ0v) is 10.6. The van der Waals surface area contributed by atoms with Crippen LogP contribution < -0.4 is 5.73 Å². The van der Waals surface area contributed by atoms with Crippen LogP contribution in [0.15, 0.2) is 36.7 Å². The Morgan fingerprint density at radius 3 is 2.79 bits per heavy atom. The van der Waals surface area contributed by atoms with Gasteiger partial charge < -0.3 is 15.2 Å². The minimum atomic E-state index is 0.0535. The summed E-state index contributed by atoms with van der Waals surface area (Å²) in [5.41, 5.74) is 7.29. The van der Waals surface area contributed by atoms with Gasteiger partial charge in [0.1, 0.15) is 5.82 Å². The van der Waals surface area contributed by atoms with E-state index < -0.39 is 0 Å². The van der Waals surface area contributed by atoms with Crippen molar-refractivity contribution in [2.45, 2.75) is 19.6 Å². The van der Waals surface area contributed by atoms with E-state index in [2.05, 4.69) is 9.55 Å². The molecule has 5 heteroatoms. The molecule has 0 saturated heterocycles. The standard InChI is InChI=1S/C14H16N4O/c15-9-11-1-3-12(4-2-11)14(19)18-8-7-17-6-5-16-13(17)10-18/h1-6H,7-10,15H2. The molecule has 2 aromatic rings. The molecule has 2 N–H and O–H groups in total. The van der Waals surface area contributed by atoms with E-state index >= 15 is 0 Å². The summed E-state index contributed by atoms with van der Waals surface area (Å²) < 4.78 is 2.08. The molecule has 1 aromatic heterocycles. The number of nitrogens with two attached hydrogens (primary N) is 1. The Hall–Kier alpha value is -2.14. The number of amides is 1. The molecule has 1 amide bonds. The minimum absolute atomic E-state index is 0.0535. The first-order valence-corrected chi connectivity index (χ1v) is 6.36. The zero-order valence-electron chi connectivity index (χ0n) is 10.6. The maximum atomic E-state index is 12.4. The number of fused-ring (bicyclic) bond motifs is 1. The summed E-state index contributed by atoms with van der Waals surface area (Å²) in [6.45, 7) is 2.60. The molecule has 0 saturated carbocycles. The lowest BCUT2D eigenvalue weighted by Crippen LogP contribution is -2.38. The number of benzene rings is 1. The van der Waals surface area contributed by atoms with Crippen LogP contribution in [0, 0.1) is 0 Å². The van der Waals surface area contributed by atoms with Crippen molar-refractivity contribution < 1.29 is 4.79 Å². The largest absolute Gasteiger partial charge is 0.332 e. The predicted octanol–water partition coefficient (Wildman–Crippen LogP) is 0.998. The van der Waals surface area contributed by atoms with E-state index in [1.807, 2.05) is 35.4 Å². The van der Waals surface area contributed by atoms with Gasteiger partial charge in [0.15, 0.2) is 0 Å². The molecule has 0 radical (unpaired) electrons. The second kappa shape index (κ2) is 4.85. The second-order valence-corrected chi connectivity index (χ2v) is 4.66. The third-order valence-electron chi connectivity index (χ3n) is 3.47. The molecule has 0 fully saturated rings. The summed E-state index contributed by atoms with van der Waals surface area (Å²) in [6.07, 6.45) is 3.73. The van der Waals surface area contributed by atoms with Gasteiger partial charge in [0.2, 0.25) is 0 Å². The average molecular weight is 256 g/mol. The van der Waals surface area contributed by atoms with Crippen molar-refractivity contribution in [1.29, 1.82) is 0 Å². The molecule has 5 nitrogen and oxygen atoms in total. The summed E-state index contributed by atoms with van der Waals surface area (Å²) >= 11 is 0. The van der Waals surface area contributed by atoms with Crippen molar-refractivity contribution in [3.8, 4) is 0 Å². The number of aromatic nitrogens is 2. The highest BCUT2D eigenvalue weighted by atomic mass is 16.2. The van der Waals surface area contributed by atoms with Gasteiger partial charge in [-0.25, -0.2) is 4.98 Å². The first kappa shape index (κ1) is 11.9. The van der Waals surface area contributed by atoms with Crippen molar-refractivity contribution in [3.05, 3.63) is 53.6 Å². The SMILES string of the molecule is NCc1ccc(C(=O)N2CCn3ccnc3C2)cc1. The molecule has 1 aliphatic heterocycles. The molecule has 0 atom stereocenters. The van der Waals surface area contributed by atoms with Crippen LogP contribution in [0.5, 0.6) is 0 Å². The highest BCUT2D eigenvalue weighted by molar-refractivity contribution is 5.94. The Morgan fingerprint density at radius 2 is 2.05 bits per heavy atom. The summed E-state index contributed by atoms with van der Waals surface area (Å²) in [5.74, 6) is 0.996. The van der Waals surface area contributed by atoms with Crippen LogP contribution in [-0.4, -0.2) is 26.9 Å². The van der Waals surface area contributed by atoms with E-state index in [4.69, 9.17) is 5.73 Å². The highest BCUT2D eigenvalue weighted by Crippen LogP contribution is 2.14. The van der Waals surface area contributed by atoms with Crippen LogP contribution in [0.25, 0.3) is 0 Å². The maximum absolute atomic E-state index is 12.4. The van der Waals surface area contributed by atoms with Gasteiger partial charge >= 0.3 is 0 Å². The molecule has 0 bridgehead atoms. The predicted molar refractivity (Wildman–Crippen MR) is 71.3 cm³/mol. The van der Waals surface area contributed by atoms with Gasteiger partial charge in [-0.15, -0.1) is 0 Å². The van der Waals surface area contributed by atoms with Crippen molar-refractivity contribution in [3.63, 3.8) is 0 Å². The van der Waals surface area contributed by atoms with Gasteiger partial charge in [0.05, 0.1) is 6.54 Å². The quantitative estimate of drug-likeness (QED) is 0.871. The van der Waals surface area contributed by atoms with Crippen LogP contribution >= 0.6 is 0 Å². The molecule has 0 spiro atoms. The normalized spacial score (nSPS) is 14.3. The Kier molecular flexibility index (Phi) is 3.05. The van der Waals surface area contributed by atoms with Gasteiger partial charge in [-0.2, -0.15) is 0 Å². The van der Waals surface area contributed by atoms with Crippen LogP contribution in [0.1, 0.15) is 21.7 Å². The monoisotopic (exact) mass is 256 g/mol. The third-order valence-corrected chi connectivity index (χ3v) is 3.47. The van der Waals surface area contributed by atoms with E-state index in [1.165, 1.54) is 0 Å². The Balaban J connectivity index is 1.77. The smallest absolute Gasteiger partial charge is 0.254 e. The lowest BCUT2D eigenvalue weighted by Gasteiger charge is -2.27. The topological polar surface area (TPSA) is 64.2 Å². The van der Waals surface area contributed by atoms with E-state index in [1.54, 1.807) is 6.20 Å². The second-order valence-electron chi connectivity index (χ2n) is 4.66. The Morgan fingerprint density at radius 1 is 1.26 bits per heavy atom. The fraction of sp³-hybridized carbons (Fsp3) is 0.286. The van der Waals surface area contributed by atoms with E-state index in [9.17, 15) is 4.79 Å². The third kappa shape index (κ3) is 2.24. The van der Waals surface area contributed by atoms with Gasteiger partial charge in [-0.1, -0.05) is 12.1 Å². The molecule has 0 aliphatic carbocycles. The lowest BCUT2D eigenvalue weighted by atomic mass is 10.1. The number of rotatable bonds is 2. The minimum Gasteiger partial charge on any atom is -0.332 e. The van der Waals surface area contributed by atoms with Crippen LogP contribution in [0.3, 0.4) is 0 Å². The van der Waals surface area contributed by atoms with Crippen molar-refractivity contribution in [1.82, 2.24) is 14.5 Å². The molecule has 98 valence electrons. The van der Waals surface area contributed by atoms with Gasteiger partial charge in [0.25, 0.3) is 5.91 Å². The molecule has 2 heterocycles. The fourth-order valence-corrected chi connectivity index (χ4v) is 2.31. The van der Waals surface area contributed by atoms with Gasteiger partial charge in [0, 0.05) is 37.6 Å². The highest BCUT2D eigenvalue weighted by Gasteiger charge is 2.21. The van der Waals surface area contributed by atoms with Crippen molar-refractivity contribution >= 4 is 5.91 Å². The van der Waals surface area contributed by atoms with Crippen molar-refractivity contribution in [2.24, 2.45) is 5.73 Å². The number of hydrogen-bond acceptors (Lipinski definition) is 3. The first-order valence-electron chi connectivity index (χ1n) is 6.36. The molecule has 3 rings (SSSR count). The molecule has 0 unspecified atom stereocenters. The maximum Gasteiger partial charge on any atom is 0.254 e. The van der Waals surface area contributed by atoms with E-state index in [0.717, 1.165) is 24.5 Å². The summed E-state index contributed by atoms with van der Waals surface area (Å²) in [5, 5.41) is 0. The number of hydrogen-bond donors (Lipinski definition) is 1. The first-order chi connectivity index (χ1) is 9.28. The summed E-state index contributed by atoms with van der Waals surface area (Å²) in [6, 6.07) is 7.48. The average Bonchev–Trinajstić information content (AvgIpc) is 2.94. The molecule has 19 heavy (non-hydrogen) atoms. The van der Waals surface area contributed by atoms with E-state index in [0.29, 0.717) is 18.7 Å². The molecule has 1 aliphatic rings. The summed E-state index contributed by atoms with van der Waals surface area (Å²) in [7, 11) is 0. The van der Waals surface area contributed by atoms with Crippen LogP contribution in [0.4, 0.5) is 0 Å². The number of nitrogens with zero attached hydrogens (tertiary/aromatic N) is 3. The van der Waals surface area contributed by atoms with Crippen LogP contribution in [-0.2, 0) is 19.6 Å². The van der Waals surface area contributed by atoms with Gasteiger partial charge in [-0.05, 0) is 17.7 Å². The molecular formula is C14H16N4O. The lowest BCUT2D eigenvalue weighted by molar-refractivity contribution is 0.0707. The molecular weight excluding hydrogens is 240 g/mol. The summed E-state index contributed by atoms with van der Waals surface area (Å²) in [4.78, 5) is 18.5. The zero-order chi connectivity index (χ0) is 13.2. The Bertz CT molecular complexity index is 588. The van der Waals surface area contributed by atoms with Crippen LogP contribution in [0.2, 0.25) is 0 Å². The van der Waals surface area contributed by atoms with Gasteiger partial charge in [-0.3, -0.25) is 4.79 Å². The number of carbonyl (C=O) groups is 1. The fourth-order valence-electron chi connectivity index (χ4n) is 2.31. The number of carbonyl (C=O) groups excluding carboxylic acids is 1. The van der Waals surface area contributed by atoms with E-state index in [-0.39, 0.29) is 5.91 Å². The van der Waals surface area contributed by atoms with Crippen molar-refractivity contribution in [2.75, 3.05) is 6.54 Å².